The fourth-order valence-corrected chi connectivity index (χ4v) is 9.31. The molecule has 2 N–H and O–H groups in total. The minimum Gasteiger partial charge on any atom is -0.308 e. The molecule has 0 fully saturated rings. The second-order valence-corrected chi connectivity index (χ2v) is 14.0. The Labute approximate surface area is 302 Å². The molecule has 5 heteroatoms. The molecule has 4 heterocycles. The second kappa shape index (κ2) is 10.2. The van der Waals surface area contributed by atoms with Gasteiger partial charge in [-0.25, -0.2) is 0 Å². The fourth-order valence-electron chi connectivity index (χ4n) is 9.31. The van der Waals surface area contributed by atoms with Gasteiger partial charge in [0.25, 0.3) is 0 Å². The number of hydrogen-bond donors (Lipinski definition) is 2. The molecule has 0 aliphatic carbocycles. The average Bonchev–Trinajstić information content (AvgIpc) is 3.94. The van der Waals surface area contributed by atoms with Crippen molar-refractivity contribution in [2.75, 3.05) is 0 Å². The van der Waals surface area contributed by atoms with Gasteiger partial charge in [0.05, 0.1) is 38.6 Å². The predicted octanol–water partition coefficient (Wildman–Crippen LogP) is 12.0. The van der Waals surface area contributed by atoms with Gasteiger partial charge < -0.3 is 4.40 Å². The lowest BCUT2D eigenvalue weighted by Crippen LogP contribution is -2.20. The third kappa shape index (κ3) is 3.55. The zero-order chi connectivity index (χ0) is 34.9. The molecule has 0 spiro atoms. The Kier molecular flexibility index (Phi) is 5.47. The summed E-state index contributed by atoms with van der Waals surface area (Å²) in [6, 6.07) is 57.2. The number of hydrogen-bond acceptors (Lipinski definition) is 2. The van der Waals surface area contributed by atoms with E-state index in [9.17, 15) is 10.8 Å². The number of rotatable bonds is 2. The normalized spacial score (nSPS) is 12.3. The fraction of sp³-hybridized carbons (Fsp3) is 0. The lowest BCUT2D eigenvalue weighted by Gasteiger charge is -2.17. The highest BCUT2D eigenvalue weighted by molar-refractivity contribution is 6.36. The molecule has 0 bridgehead atoms. The Morgan fingerprint density at radius 1 is 0.340 bits per heavy atom. The van der Waals surface area contributed by atoms with Gasteiger partial charge in [-0.2, -0.15) is 0 Å². The van der Waals surface area contributed by atoms with Crippen LogP contribution in [0.15, 0.2) is 164 Å². The lowest BCUT2D eigenvalue weighted by molar-refractivity contribution is 1.20. The van der Waals surface area contributed by atoms with E-state index < -0.39 is 0 Å². The first kappa shape index (κ1) is 28.5. The predicted molar refractivity (Wildman–Crippen MR) is 222 cm³/mol. The largest absolute Gasteiger partial charge is 0.308 e. The SMILES string of the molecule is N=C(c1ccccc1C(=N)n1c2ccccc2c2cc3c4ccccc4n4c5ccccc5c(c21)c34)n1c2ccccc2c2c3ccccc3ccc21. The van der Waals surface area contributed by atoms with Crippen molar-refractivity contribution in [2.45, 2.75) is 0 Å². The van der Waals surface area contributed by atoms with E-state index in [1.54, 1.807) is 0 Å². The molecule has 8 aromatic carbocycles. The van der Waals surface area contributed by atoms with Crippen LogP contribution in [0.3, 0.4) is 0 Å². The summed E-state index contributed by atoms with van der Waals surface area (Å²) < 4.78 is 6.60. The van der Waals surface area contributed by atoms with Gasteiger partial charge in [-0.1, -0.05) is 127 Å². The van der Waals surface area contributed by atoms with E-state index >= 15 is 0 Å². The molecule has 12 rings (SSSR count). The number of aromatic nitrogens is 3. The monoisotopic (exact) mass is 675 g/mol. The van der Waals surface area contributed by atoms with Crippen LogP contribution in [0.25, 0.3) is 92.5 Å². The summed E-state index contributed by atoms with van der Waals surface area (Å²) >= 11 is 0. The molecule has 0 saturated carbocycles. The van der Waals surface area contributed by atoms with Gasteiger partial charge in [0.1, 0.15) is 11.7 Å². The Morgan fingerprint density at radius 2 is 0.811 bits per heavy atom. The van der Waals surface area contributed by atoms with Gasteiger partial charge in [0.15, 0.2) is 0 Å². The van der Waals surface area contributed by atoms with E-state index in [4.69, 9.17) is 0 Å². The van der Waals surface area contributed by atoms with Gasteiger partial charge >= 0.3 is 0 Å². The minimum absolute atomic E-state index is 0.338. The summed E-state index contributed by atoms with van der Waals surface area (Å²) in [4.78, 5) is 0. The van der Waals surface area contributed by atoms with Crippen molar-refractivity contribution in [3.8, 4) is 0 Å². The topological polar surface area (TPSA) is 62.0 Å². The molecule has 0 unspecified atom stereocenters. The molecule has 0 aliphatic rings. The maximum Gasteiger partial charge on any atom is 0.138 e. The molecule has 0 atom stereocenters. The van der Waals surface area contributed by atoms with Crippen molar-refractivity contribution in [3.63, 3.8) is 0 Å². The van der Waals surface area contributed by atoms with Crippen LogP contribution in [-0.4, -0.2) is 25.2 Å². The molecule has 4 aromatic heterocycles. The first-order valence-corrected chi connectivity index (χ1v) is 18.0. The zero-order valence-corrected chi connectivity index (χ0v) is 28.4. The minimum atomic E-state index is 0.338. The maximum atomic E-state index is 10.2. The van der Waals surface area contributed by atoms with Gasteiger partial charge in [-0.3, -0.25) is 20.0 Å². The highest BCUT2D eigenvalue weighted by Crippen LogP contribution is 2.46. The highest BCUT2D eigenvalue weighted by Gasteiger charge is 2.27. The van der Waals surface area contributed by atoms with Crippen LogP contribution in [0.4, 0.5) is 0 Å². The van der Waals surface area contributed by atoms with E-state index in [0.717, 1.165) is 54.5 Å². The van der Waals surface area contributed by atoms with Crippen molar-refractivity contribution in [2.24, 2.45) is 0 Å². The molecular formula is C48H29N5. The summed E-state index contributed by atoms with van der Waals surface area (Å²) in [7, 11) is 0. The van der Waals surface area contributed by atoms with Crippen LogP contribution < -0.4 is 0 Å². The molecular weight excluding hydrogens is 647 g/mol. The molecule has 12 aromatic rings. The quantitative estimate of drug-likeness (QED) is 0.135. The number of benzene rings is 8. The van der Waals surface area contributed by atoms with Crippen molar-refractivity contribution >= 4 is 104 Å². The van der Waals surface area contributed by atoms with E-state index in [1.165, 1.54) is 38.0 Å². The van der Waals surface area contributed by atoms with Crippen molar-refractivity contribution < 1.29 is 0 Å². The van der Waals surface area contributed by atoms with Crippen LogP contribution in [0.2, 0.25) is 0 Å². The summed E-state index contributed by atoms with van der Waals surface area (Å²) in [5.41, 5.74) is 8.86. The van der Waals surface area contributed by atoms with Crippen LogP contribution in [0.5, 0.6) is 0 Å². The van der Waals surface area contributed by atoms with Gasteiger partial charge in [-0.15, -0.1) is 0 Å². The molecule has 0 aliphatic heterocycles. The van der Waals surface area contributed by atoms with E-state index in [2.05, 4.69) is 147 Å². The number of nitrogens with one attached hydrogen (secondary N) is 2. The van der Waals surface area contributed by atoms with Gasteiger partial charge in [-0.05, 0) is 47.2 Å². The summed E-state index contributed by atoms with van der Waals surface area (Å²) in [6.07, 6.45) is 0. The Balaban J connectivity index is 1.16. The van der Waals surface area contributed by atoms with Gasteiger partial charge in [0, 0.05) is 54.2 Å². The third-order valence-electron chi connectivity index (χ3n) is 11.5. The average molecular weight is 676 g/mol. The molecule has 5 nitrogen and oxygen atoms in total. The maximum absolute atomic E-state index is 10.2. The zero-order valence-electron chi connectivity index (χ0n) is 28.4. The van der Waals surface area contributed by atoms with Crippen LogP contribution >= 0.6 is 0 Å². The molecule has 53 heavy (non-hydrogen) atoms. The lowest BCUT2D eigenvalue weighted by atomic mass is 10.0. The number of fused-ring (bicyclic) bond motifs is 15. The highest BCUT2D eigenvalue weighted by atomic mass is 15.1. The summed E-state index contributed by atoms with van der Waals surface area (Å²) in [5.74, 6) is 0.676. The third-order valence-corrected chi connectivity index (χ3v) is 11.5. The van der Waals surface area contributed by atoms with E-state index in [0.29, 0.717) is 22.8 Å². The first-order chi connectivity index (χ1) is 26.2. The summed E-state index contributed by atoms with van der Waals surface area (Å²) in [6.45, 7) is 0. The van der Waals surface area contributed by atoms with Crippen molar-refractivity contribution in [1.29, 1.82) is 10.8 Å². The summed E-state index contributed by atoms with van der Waals surface area (Å²) in [5, 5.41) is 31.7. The Morgan fingerprint density at radius 3 is 1.51 bits per heavy atom. The Hall–Kier alpha value is -7.24. The van der Waals surface area contributed by atoms with Crippen molar-refractivity contribution in [1.82, 2.24) is 13.5 Å². The molecule has 246 valence electrons. The second-order valence-electron chi connectivity index (χ2n) is 14.0. The smallest absolute Gasteiger partial charge is 0.138 e. The van der Waals surface area contributed by atoms with E-state index in [-0.39, 0.29) is 0 Å². The molecule has 0 radical (unpaired) electrons. The molecule has 0 amide bonds. The van der Waals surface area contributed by atoms with Crippen molar-refractivity contribution in [3.05, 3.63) is 175 Å². The number of para-hydroxylation sites is 4. The van der Waals surface area contributed by atoms with Crippen LogP contribution in [-0.2, 0) is 0 Å². The number of nitrogens with zero attached hydrogens (tertiary/aromatic N) is 3. The first-order valence-electron chi connectivity index (χ1n) is 18.0. The molecule has 0 saturated heterocycles. The van der Waals surface area contributed by atoms with Crippen LogP contribution in [0.1, 0.15) is 11.1 Å². The Bertz CT molecular complexity index is 3560. The standard InChI is InChI=1S/C48H29N5/c49-47(52-41-24-12-7-19-34(41)43-29-14-2-1-13-28(29)25-26-42(43)52)32-17-3-4-18-33(32)48(50)53-39-22-10-6-16-31(39)37-27-36-30-15-5-9-21-38(30)51-40-23-11-8-20-35(40)44(45(36)51)46(37)53/h1-27,49-50H. The van der Waals surface area contributed by atoms with Gasteiger partial charge in [0.2, 0.25) is 0 Å². The van der Waals surface area contributed by atoms with E-state index in [1.807, 2.05) is 30.3 Å². The van der Waals surface area contributed by atoms with Crippen LogP contribution in [0, 0.1) is 10.8 Å².